The molecular formula is C26H27Cl2FN6O3. The fourth-order valence-corrected chi connectivity index (χ4v) is 5.47. The molecular weight excluding hydrogens is 534 g/mol. The average Bonchev–Trinajstić information content (AvgIpc) is 3.17. The predicted molar refractivity (Wildman–Crippen MR) is 141 cm³/mol. The van der Waals surface area contributed by atoms with Gasteiger partial charge in [-0.2, -0.15) is 5.10 Å². The standard InChI is InChI=1S/C26H27Cl2FN6O3/c1-14(36)24-20-7-16(17-10-31-15(2)32-11-17)3-4-21(20)35(33-24)13-23(37)34-12-19(29)8-22(34)25(38)30-6-5-18-9-26(18,27)28/h3-4,7,10-11,18-19,22H,5-6,8-9,12-13H2,1-2H3,(H,30,38)/t18-,19+,22-/m0/s1. The monoisotopic (exact) mass is 560 g/mol. The number of fused-ring (bicyclic) bond motifs is 1. The van der Waals surface area contributed by atoms with E-state index in [9.17, 15) is 18.8 Å². The lowest BCUT2D eigenvalue weighted by atomic mass is 10.0. The third-order valence-electron chi connectivity index (χ3n) is 7.10. The molecule has 38 heavy (non-hydrogen) atoms. The molecule has 0 spiro atoms. The van der Waals surface area contributed by atoms with Crippen LogP contribution in [0.2, 0.25) is 0 Å². The summed E-state index contributed by atoms with van der Waals surface area (Å²) in [5.41, 5.74) is 2.37. The van der Waals surface area contributed by atoms with Crippen molar-refractivity contribution in [2.45, 2.75) is 56.2 Å². The number of aromatic nitrogens is 4. The van der Waals surface area contributed by atoms with E-state index in [4.69, 9.17) is 23.2 Å². The number of likely N-dealkylation sites (tertiary alicyclic amines) is 1. The number of benzene rings is 1. The summed E-state index contributed by atoms with van der Waals surface area (Å²) < 4.78 is 15.0. The Bertz CT molecular complexity index is 1410. The highest BCUT2D eigenvalue weighted by Crippen LogP contribution is 2.54. The minimum atomic E-state index is -1.31. The Hall–Kier alpha value is -3.11. The maximum Gasteiger partial charge on any atom is 0.245 e. The van der Waals surface area contributed by atoms with Crippen LogP contribution in [0, 0.1) is 12.8 Å². The Kier molecular flexibility index (Phi) is 7.13. The number of ketones is 1. The number of nitrogens with one attached hydrogen (secondary N) is 1. The van der Waals surface area contributed by atoms with Crippen LogP contribution in [-0.2, 0) is 16.1 Å². The summed E-state index contributed by atoms with van der Waals surface area (Å²) in [4.78, 5) is 48.1. The Balaban J connectivity index is 1.33. The molecule has 2 aliphatic rings. The van der Waals surface area contributed by atoms with Crippen LogP contribution in [-0.4, -0.2) is 71.9 Å². The maximum atomic E-state index is 14.4. The SMILES string of the molecule is CC(=O)c1nn(CC(=O)N2C[C@H](F)C[C@H]2C(=O)NCC[C@H]2CC2(Cl)Cl)c2ccc(-c3cnc(C)nc3)cc12. The van der Waals surface area contributed by atoms with Crippen LogP contribution in [0.3, 0.4) is 0 Å². The highest BCUT2D eigenvalue weighted by Gasteiger charge is 2.51. The van der Waals surface area contributed by atoms with E-state index >= 15 is 0 Å². The van der Waals surface area contributed by atoms with E-state index in [-0.39, 0.29) is 36.9 Å². The first-order valence-electron chi connectivity index (χ1n) is 12.4. The van der Waals surface area contributed by atoms with Crippen molar-refractivity contribution in [3.63, 3.8) is 0 Å². The molecule has 0 radical (unpaired) electrons. The van der Waals surface area contributed by atoms with Gasteiger partial charge in [0, 0.05) is 43.2 Å². The third kappa shape index (κ3) is 5.37. The topological polar surface area (TPSA) is 110 Å². The van der Waals surface area contributed by atoms with Crippen LogP contribution in [0.15, 0.2) is 30.6 Å². The first-order chi connectivity index (χ1) is 18.0. The number of hydrogen-bond acceptors (Lipinski definition) is 6. The molecule has 9 nitrogen and oxygen atoms in total. The zero-order valence-electron chi connectivity index (χ0n) is 21.0. The largest absolute Gasteiger partial charge is 0.354 e. The van der Waals surface area contributed by atoms with E-state index in [2.05, 4.69) is 20.4 Å². The van der Waals surface area contributed by atoms with Gasteiger partial charge >= 0.3 is 0 Å². The normalized spacial score (nSPS) is 22.0. The maximum absolute atomic E-state index is 14.4. The molecule has 1 saturated carbocycles. The second-order valence-electron chi connectivity index (χ2n) is 9.95. The highest BCUT2D eigenvalue weighted by molar-refractivity contribution is 6.50. The molecule has 1 N–H and O–H groups in total. The first kappa shape index (κ1) is 26.5. The number of halogens is 3. The van der Waals surface area contributed by atoms with Crippen molar-refractivity contribution in [2.24, 2.45) is 5.92 Å². The third-order valence-corrected chi connectivity index (χ3v) is 8.03. The van der Waals surface area contributed by atoms with Crippen LogP contribution in [0.4, 0.5) is 4.39 Å². The van der Waals surface area contributed by atoms with Gasteiger partial charge in [-0.1, -0.05) is 6.07 Å². The summed E-state index contributed by atoms with van der Waals surface area (Å²) in [7, 11) is 0. The number of alkyl halides is 3. The molecule has 3 atom stereocenters. The lowest BCUT2D eigenvalue weighted by Gasteiger charge is -2.23. The summed E-state index contributed by atoms with van der Waals surface area (Å²) in [5.74, 6) is -0.360. The number of rotatable bonds is 8. The quantitative estimate of drug-likeness (QED) is 0.332. The summed E-state index contributed by atoms with van der Waals surface area (Å²) in [6, 6.07) is 4.50. The van der Waals surface area contributed by atoms with Gasteiger partial charge in [-0.3, -0.25) is 19.1 Å². The Morgan fingerprint density at radius 3 is 2.55 bits per heavy atom. The van der Waals surface area contributed by atoms with Crippen LogP contribution >= 0.6 is 23.2 Å². The van der Waals surface area contributed by atoms with Gasteiger partial charge in [-0.15, -0.1) is 23.2 Å². The average molecular weight is 561 g/mol. The Morgan fingerprint density at radius 1 is 1.18 bits per heavy atom. The van der Waals surface area contributed by atoms with Crippen LogP contribution in [0.25, 0.3) is 22.0 Å². The van der Waals surface area contributed by atoms with Crippen molar-refractivity contribution in [2.75, 3.05) is 13.1 Å². The molecule has 0 unspecified atom stereocenters. The van der Waals surface area contributed by atoms with Gasteiger partial charge in [0.1, 0.15) is 34.6 Å². The number of amides is 2. The summed E-state index contributed by atoms with van der Waals surface area (Å²) >= 11 is 12.1. The number of nitrogens with zero attached hydrogens (tertiary/aromatic N) is 5. The molecule has 12 heteroatoms. The molecule has 1 aliphatic heterocycles. The van der Waals surface area contributed by atoms with Crippen molar-refractivity contribution in [3.05, 3.63) is 42.1 Å². The number of aryl methyl sites for hydroxylation is 1. The minimum Gasteiger partial charge on any atom is -0.354 e. The van der Waals surface area contributed by atoms with Crippen molar-refractivity contribution in [3.8, 4) is 11.1 Å². The molecule has 1 saturated heterocycles. The van der Waals surface area contributed by atoms with Gasteiger partial charge in [-0.05, 0) is 43.4 Å². The van der Waals surface area contributed by atoms with E-state index < -0.39 is 28.4 Å². The number of carbonyl (C=O) groups excluding carboxylic acids is 3. The van der Waals surface area contributed by atoms with E-state index in [1.54, 1.807) is 25.4 Å². The van der Waals surface area contributed by atoms with Crippen molar-refractivity contribution < 1.29 is 18.8 Å². The molecule has 3 heterocycles. The molecule has 2 fully saturated rings. The summed E-state index contributed by atoms with van der Waals surface area (Å²) in [6.07, 6.45) is 3.30. The van der Waals surface area contributed by atoms with E-state index in [0.29, 0.717) is 36.1 Å². The molecule has 2 aromatic heterocycles. The minimum absolute atomic E-state index is 0.0729. The van der Waals surface area contributed by atoms with Gasteiger partial charge < -0.3 is 10.2 Å². The van der Waals surface area contributed by atoms with E-state index in [1.807, 2.05) is 12.1 Å². The lowest BCUT2D eigenvalue weighted by molar-refractivity contribution is -0.139. The fraction of sp³-hybridized carbons (Fsp3) is 0.462. The van der Waals surface area contributed by atoms with Crippen LogP contribution in [0.1, 0.15) is 42.5 Å². The van der Waals surface area contributed by atoms with Crippen molar-refractivity contribution in [1.82, 2.24) is 30.0 Å². The zero-order valence-corrected chi connectivity index (χ0v) is 22.5. The molecule has 2 amide bonds. The number of carbonyl (C=O) groups is 3. The second-order valence-corrected chi connectivity index (χ2v) is 11.5. The zero-order chi connectivity index (χ0) is 27.2. The molecule has 1 aromatic carbocycles. The second kappa shape index (κ2) is 10.2. The van der Waals surface area contributed by atoms with Crippen molar-refractivity contribution in [1.29, 1.82) is 0 Å². The van der Waals surface area contributed by atoms with E-state index in [1.165, 1.54) is 16.5 Å². The van der Waals surface area contributed by atoms with Crippen LogP contribution in [0.5, 0.6) is 0 Å². The highest BCUT2D eigenvalue weighted by atomic mass is 35.5. The molecule has 200 valence electrons. The van der Waals surface area contributed by atoms with Gasteiger partial charge in [0.25, 0.3) is 0 Å². The molecule has 5 rings (SSSR count). The molecule has 0 bridgehead atoms. The molecule has 1 aliphatic carbocycles. The molecule has 3 aromatic rings. The Morgan fingerprint density at radius 2 is 1.89 bits per heavy atom. The summed E-state index contributed by atoms with van der Waals surface area (Å²) in [6.45, 7) is 3.13. The first-order valence-corrected chi connectivity index (χ1v) is 13.2. The lowest BCUT2D eigenvalue weighted by Crippen LogP contribution is -2.47. The van der Waals surface area contributed by atoms with Crippen molar-refractivity contribution >= 4 is 51.7 Å². The van der Waals surface area contributed by atoms with E-state index in [0.717, 1.165) is 11.1 Å². The smallest absolute Gasteiger partial charge is 0.245 e. The van der Waals surface area contributed by atoms with Gasteiger partial charge in [0.15, 0.2) is 5.78 Å². The number of hydrogen-bond donors (Lipinski definition) is 1. The predicted octanol–water partition coefficient (Wildman–Crippen LogP) is 3.64. The Labute approximate surface area is 228 Å². The van der Waals surface area contributed by atoms with Gasteiger partial charge in [0.2, 0.25) is 11.8 Å². The van der Waals surface area contributed by atoms with Crippen LogP contribution < -0.4 is 5.32 Å². The fourth-order valence-electron chi connectivity index (χ4n) is 4.88. The summed E-state index contributed by atoms with van der Waals surface area (Å²) in [5, 5.41) is 7.76. The number of Topliss-reactive ketones (excluding diaryl/α,β-unsaturated/α-hetero) is 1. The van der Waals surface area contributed by atoms with Gasteiger partial charge in [-0.25, -0.2) is 14.4 Å². The van der Waals surface area contributed by atoms with Gasteiger partial charge in [0.05, 0.1) is 12.1 Å².